The van der Waals surface area contributed by atoms with Crippen molar-refractivity contribution >= 4 is 16.9 Å². The van der Waals surface area contributed by atoms with Gasteiger partial charge in [0.25, 0.3) is 0 Å². The van der Waals surface area contributed by atoms with E-state index in [1.807, 2.05) is 72.8 Å². The SMILES string of the molecule is Nc1nccc(-c2ccc3noc(-c4ccc(-c5cccc(CO)c5)cc4)c3c2)n1. The van der Waals surface area contributed by atoms with Gasteiger partial charge in [0.1, 0.15) is 5.52 Å². The number of aliphatic hydroxyl groups excluding tert-OH is 1. The molecular weight excluding hydrogens is 376 g/mol. The molecule has 0 aliphatic rings. The lowest BCUT2D eigenvalue weighted by atomic mass is 10.00. The number of aliphatic hydroxyl groups is 1. The first-order chi connectivity index (χ1) is 14.7. The Morgan fingerprint density at radius 1 is 0.833 bits per heavy atom. The van der Waals surface area contributed by atoms with Crippen LogP contribution < -0.4 is 5.73 Å². The lowest BCUT2D eigenvalue weighted by molar-refractivity contribution is 0.282. The highest BCUT2D eigenvalue weighted by Gasteiger charge is 2.13. The van der Waals surface area contributed by atoms with Crippen LogP contribution >= 0.6 is 0 Å². The average Bonchev–Trinajstić information content (AvgIpc) is 3.22. The van der Waals surface area contributed by atoms with E-state index in [2.05, 4.69) is 15.1 Å². The number of nitrogens with two attached hydrogens (primary N) is 1. The summed E-state index contributed by atoms with van der Waals surface area (Å²) in [6, 6.07) is 23.6. The van der Waals surface area contributed by atoms with Crippen LogP contribution in [0.2, 0.25) is 0 Å². The quantitative estimate of drug-likeness (QED) is 0.459. The Balaban J connectivity index is 1.53. The number of rotatable bonds is 4. The smallest absolute Gasteiger partial charge is 0.220 e. The molecule has 0 aliphatic carbocycles. The van der Waals surface area contributed by atoms with Crippen molar-refractivity contribution in [3.8, 4) is 33.7 Å². The Morgan fingerprint density at radius 3 is 2.43 bits per heavy atom. The molecule has 5 rings (SSSR count). The van der Waals surface area contributed by atoms with E-state index in [1.54, 1.807) is 6.20 Å². The van der Waals surface area contributed by atoms with Gasteiger partial charge in [-0.25, -0.2) is 9.97 Å². The largest absolute Gasteiger partial charge is 0.392 e. The van der Waals surface area contributed by atoms with E-state index < -0.39 is 0 Å². The highest BCUT2D eigenvalue weighted by atomic mass is 16.5. The number of nitrogen functional groups attached to an aromatic ring is 1. The number of aromatic nitrogens is 3. The van der Waals surface area contributed by atoms with Gasteiger partial charge >= 0.3 is 0 Å². The first-order valence-electron chi connectivity index (χ1n) is 9.50. The number of nitrogens with zero attached hydrogens (tertiary/aromatic N) is 3. The van der Waals surface area contributed by atoms with Gasteiger partial charge < -0.3 is 15.4 Å². The number of hydrogen-bond donors (Lipinski definition) is 2. The molecule has 0 unspecified atom stereocenters. The molecule has 5 aromatic rings. The van der Waals surface area contributed by atoms with Gasteiger partial charge in [-0.3, -0.25) is 0 Å². The number of fused-ring (bicyclic) bond motifs is 1. The molecule has 0 aliphatic heterocycles. The molecule has 0 atom stereocenters. The fraction of sp³-hybridized carbons (Fsp3) is 0.0417. The van der Waals surface area contributed by atoms with Gasteiger partial charge in [0.2, 0.25) is 5.95 Å². The Labute approximate surface area is 172 Å². The van der Waals surface area contributed by atoms with E-state index in [9.17, 15) is 5.11 Å². The maximum absolute atomic E-state index is 9.36. The van der Waals surface area contributed by atoms with Crippen LogP contribution in [0, 0.1) is 0 Å². The Morgan fingerprint density at radius 2 is 1.63 bits per heavy atom. The van der Waals surface area contributed by atoms with Crippen molar-refractivity contribution in [2.75, 3.05) is 5.73 Å². The number of benzene rings is 3. The number of hydrogen-bond acceptors (Lipinski definition) is 6. The molecule has 0 bridgehead atoms. The molecule has 0 amide bonds. The zero-order valence-corrected chi connectivity index (χ0v) is 16.0. The minimum Gasteiger partial charge on any atom is -0.392 e. The van der Waals surface area contributed by atoms with Crippen LogP contribution in [0.3, 0.4) is 0 Å². The monoisotopic (exact) mass is 394 g/mol. The minimum atomic E-state index is 0.0241. The molecule has 0 fully saturated rings. The Bertz CT molecular complexity index is 1340. The van der Waals surface area contributed by atoms with Crippen LogP contribution in [-0.2, 0) is 6.61 Å². The van der Waals surface area contributed by atoms with Crippen LogP contribution in [-0.4, -0.2) is 20.2 Å². The number of anilines is 1. The zero-order valence-electron chi connectivity index (χ0n) is 16.0. The van der Waals surface area contributed by atoms with Crippen molar-refractivity contribution in [1.82, 2.24) is 15.1 Å². The Kier molecular flexibility index (Phi) is 4.46. The van der Waals surface area contributed by atoms with Gasteiger partial charge in [-0.15, -0.1) is 0 Å². The van der Waals surface area contributed by atoms with Gasteiger partial charge in [-0.2, -0.15) is 0 Å². The van der Waals surface area contributed by atoms with Crippen molar-refractivity contribution in [3.05, 3.63) is 84.6 Å². The third kappa shape index (κ3) is 3.29. The van der Waals surface area contributed by atoms with E-state index in [1.165, 1.54) is 0 Å². The summed E-state index contributed by atoms with van der Waals surface area (Å²) in [7, 11) is 0. The predicted octanol–water partition coefficient (Wildman–Crippen LogP) is 4.69. The normalized spacial score (nSPS) is 11.1. The second-order valence-electron chi connectivity index (χ2n) is 6.98. The fourth-order valence-corrected chi connectivity index (χ4v) is 3.51. The summed E-state index contributed by atoms with van der Waals surface area (Å²) in [5.74, 6) is 0.934. The molecule has 0 saturated heterocycles. The van der Waals surface area contributed by atoms with Crippen molar-refractivity contribution in [2.45, 2.75) is 6.61 Å². The van der Waals surface area contributed by atoms with E-state index >= 15 is 0 Å². The van der Waals surface area contributed by atoms with Crippen molar-refractivity contribution in [3.63, 3.8) is 0 Å². The van der Waals surface area contributed by atoms with E-state index in [0.29, 0.717) is 5.76 Å². The third-order valence-electron chi connectivity index (χ3n) is 5.04. The lowest BCUT2D eigenvalue weighted by Gasteiger charge is -2.05. The molecule has 2 heterocycles. The molecule has 3 N–H and O–H groups in total. The standard InChI is InChI=1S/C24H18N4O2/c25-24-26-11-10-21(27-24)19-8-9-22-20(13-19)23(30-28-22)17-6-4-16(5-7-17)18-3-1-2-15(12-18)14-29/h1-13,29H,14H2,(H2,25,26,27). The molecule has 30 heavy (non-hydrogen) atoms. The van der Waals surface area contributed by atoms with Crippen LogP contribution in [0.25, 0.3) is 44.6 Å². The van der Waals surface area contributed by atoms with Crippen LogP contribution in [0.5, 0.6) is 0 Å². The molecular formula is C24H18N4O2. The maximum Gasteiger partial charge on any atom is 0.220 e. The van der Waals surface area contributed by atoms with Gasteiger partial charge in [0.05, 0.1) is 17.7 Å². The van der Waals surface area contributed by atoms with Crippen LogP contribution in [0.15, 0.2) is 83.5 Å². The predicted molar refractivity (Wildman–Crippen MR) is 116 cm³/mol. The van der Waals surface area contributed by atoms with E-state index in [0.717, 1.165) is 44.4 Å². The van der Waals surface area contributed by atoms with Gasteiger partial charge in [-0.1, -0.05) is 53.7 Å². The summed E-state index contributed by atoms with van der Waals surface area (Å²) in [5.41, 5.74) is 12.1. The topological polar surface area (TPSA) is 98.1 Å². The first-order valence-corrected chi connectivity index (χ1v) is 9.50. The molecule has 3 aromatic carbocycles. The van der Waals surface area contributed by atoms with Crippen molar-refractivity contribution in [2.24, 2.45) is 0 Å². The second-order valence-corrected chi connectivity index (χ2v) is 6.98. The summed E-state index contributed by atoms with van der Waals surface area (Å²) in [5, 5.41) is 14.5. The molecule has 6 heteroatoms. The van der Waals surface area contributed by atoms with Crippen molar-refractivity contribution in [1.29, 1.82) is 0 Å². The van der Waals surface area contributed by atoms with Crippen molar-refractivity contribution < 1.29 is 9.63 Å². The molecule has 0 saturated carbocycles. The Hall–Kier alpha value is -4.03. The first kappa shape index (κ1) is 18.0. The second kappa shape index (κ2) is 7.42. The van der Waals surface area contributed by atoms with Gasteiger partial charge in [0, 0.05) is 17.3 Å². The highest BCUT2D eigenvalue weighted by Crippen LogP contribution is 2.33. The molecule has 146 valence electrons. The van der Waals surface area contributed by atoms with Gasteiger partial charge in [-0.05, 0) is 41.0 Å². The van der Waals surface area contributed by atoms with Crippen LogP contribution in [0.1, 0.15) is 5.56 Å². The van der Waals surface area contributed by atoms with Gasteiger partial charge in [0.15, 0.2) is 5.76 Å². The molecule has 0 radical (unpaired) electrons. The average molecular weight is 394 g/mol. The third-order valence-corrected chi connectivity index (χ3v) is 5.04. The maximum atomic E-state index is 9.36. The highest BCUT2D eigenvalue weighted by molar-refractivity contribution is 5.94. The summed E-state index contributed by atoms with van der Waals surface area (Å²) in [6.07, 6.45) is 1.64. The summed E-state index contributed by atoms with van der Waals surface area (Å²) >= 11 is 0. The molecule has 6 nitrogen and oxygen atoms in total. The minimum absolute atomic E-state index is 0.0241. The van der Waals surface area contributed by atoms with E-state index in [-0.39, 0.29) is 12.6 Å². The molecule has 2 aromatic heterocycles. The molecule has 0 spiro atoms. The summed E-state index contributed by atoms with van der Waals surface area (Å²) in [4.78, 5) is 8.24. The summed E-state index contributed by atoms with van der Waals surface area (Å²) < 4.78 is 5.66. The zero-order chi connectivity index (χ0) is 20.5. The van der Waals surface area contributed by atoms with E-state index in [4.69, 9.17) is 10.3 Å². The fourth-order valence-electron chi connectivity index (χ4n) is 3.51. The van der Waals surface area contributed by atoms with Crippen LogP contribution in [0.4, 0.5) is 5.95 Å². The summed E-state index contributed by atoms with van der Waals surface area (Å²) in [6.45, 7) is 0.0241. The lowest BCUT2D eigenvalue weighted by Crippen LogP contribution is -1.95.